The van der Waals surface area contributed by atoms with Gasteiger partial charge in [0.15, 0.2) is 5.82 Å². The summed E-state index contributed by atoms with van der Waals surface area (Å²) in [6.45, 7) is 10.3. The van der Waals surface area contributed by atoms with E-state index in [0.717, 1.165) is 6.04 Å². The van der Waals surface area contributed by atoms with E-state index in [-0.39, 0.29) is 16.3 Å². The van der Waals surface area contributed by atoms with Crippen molar-refractivity contribution in [3.05, 3.63) is 28.5 Å². The van der Waals surface area contributed by atoms with Crippen LogP contribution in [0.25, 0.3) is 0 Å². The molecular formula is C17H23ClFNO2Si. The van der Waals surface area contributed by atoms with Crippen molar-refractivity contribution in [2.75, 3.05) is 12.3 Å². The molecule has 1 rings (SSSR count). The van der Waals surface area contributed by atoms with E-state index in [4.69, 9.17) is 22.1 Å². The van der Waals surface area contributed by atoms with Gasteiger partial charge in [0.05, 0.1) is 17.9 Å². The smallest absolute Gasteiger partial charge is 0.323 e. The van der Waals surface area contributed by atoms with Crippen LogP contribution in [0.5, 0.6) is 0 Å². The van der Waals surface area contributed by atoms with Gasteiger partial charge in [-0.3, -0.25) is 4.79 Å². The second kappa shape index (κ2) is 7.37. The van der Waals surface area contributed by atoms with E-state index < -0.39 is 25.3 Å². The van der Waals surface area contributed by atoms with Gasteiger partial charge >= 0.3 is 5.97 Å². The lowest BCUT2D eigenvalue weighted by Crippen LogP contribution is -2.28. The third kappa shape index (κ3) is 5.89. The van der Waals surface area contributed by atoms with E-state index in [1.54, 1.807) is 13.8 Å². The zero-order valence-electron chi connectivity index (χ0n) is 14.2. The van der Waals surface area contributed by atoms with Gasteiger partial charge in [-0.05, 0) is 32.0 Å². The van der Waals surface area contributed by atoms with Crippen molar-refractivity contribution in [3.63, 3.8) is 0 Å². The van der Waals surface area contributed by atoms with Gasteiger partial charge < -0.3 is 10.5 Å². The van der Waals surface area contributed by atoms with E-state index in [1.807, 2.05) is 0 Å². The number of halogens is 2. The number of benzene rings is 1. The molecule has 0 aliphatic heterocycles. The monoisotopic (exact) mass is 355 g/mol. The van der Waals surface area contributed by atoms with Gasteiger partial charge in [0.2, 0.25) is 0 Å². The number of nitrogen functional groups attached to an aromatic ring is 1. The highest BCUT2D eigenvalue weighted by Gasteiger charge is 2.27. The molecule has 0 atom stereocenters. The largest absolute Gasteiger partial charge is 0.465 e. The Hall–Kier alpha value is -1.51. The zero-order valence-corrected chi connectivity index (χ0v) is 16.0. The Bertz CT molecular complexity index is 657. The minimum absolute atomic E-state index is 0.104. The number of nitrogens with two attached hydrogens (primary N) is 1. The Kier molecular flexibility index (Phi) is 6.26. The maximum absolute atomic E-state index is 13.9. The second-order valence-corrected chi connectivity index (χ2v) is 13.2. The van der Waals surface area contributed by atoms with Gasteiger partial charge in [0.1, 0.15) is 10.4 Å². The van der Waals surface area contributed by atoms with E-state index in [9.17, 15) is 9.18 Å². The van der Waals surface area contributed by atoms with E-state index in [0.29, 0.717) is 6.61 Å². The van der Waals surface area contributed by atoms with Gasteiger partial charge in [-0.1, -0.05) is 43.1 Å². The van der Waals surface area contributed by atoms with Crippen LogP contribution in [0.4, 0.5) is 10.1 Å². The molecule has 0 aliphatic carbocycles. The van der Waals surface area contributed by atoms with Crippen molar-refractivity contribution in [1.29, 1.82) is 0 Å². The fourth-order valence-electron chi connectivity index (χ4n) is 1.57. The quantitative estimate of drug-likeness (QED) is 0.378. The summed E-state index contributed by atoms with van der Waals surface area (Å²) in [7, 11) is -1.26. The number of ether oxygens (including phenoxy) is 1. The molecule has 0 amide bonds. The van der Waals surface area contributed by atoms with Crippen LogP contribution in [-0.4, -0.2) is 20.7 Å². The van der Waals surface area contributed by atoms with Crippen molar-refractivity contribution in [1.82, 2.24) is 0 Å². The van der Waals surface area contributed by atoms with E-state index in [2.05, 4.69) is 31.5 Å². The van der Waals surface area contributed by atoms with Crippen LogP contribution >= 0.6 is 11.6 Å². The molecule has 0 fully saturated rings. The molecule has 0 aromatic heterocycles. The lowest BCUT2D eigenvalue weighted by atomic mass is 9.94. The molecule has 3 nitrogen and oxygen atoms in total. The van der Waals surface area contributed by atoms with Crippen molar-refractivity contribution in [2.45, 2.75) is 39.5 Å². The molecule has 0 unspecified atom stereocenters. The summed E-state index contributed by atoms with van der Waals surface area (Å²) in [6, 6.07) is 3.81. The molecule has 0 spiro atoms. The first kappa shape index (κ1) is 19.5. The summed E-state index contributed by atoms with van der Waals surface area (Å²) in [5, 5.41) is -0.160. The minimum Gasteiger partial charge on any atom is -0.465 e. The maximum Gasteiger partial charge on any atom is 0.323 e. The molecule has 0 saturated heterocycles. The fraction of sp³-hybridized carbons (Fsp3) is 0.471. The Morgan fingerprint density at radius 1 is 1.39 bits per heavy atom. The number of hydrogen-bond acceptors (Lipinski definition) is 3. The van der Waals surface area contributed by atoms with Gasteiger partial charge in [-0.25, -0.2) is 4.39 Å². The van der Waals surface area contributed by atoms with Gasteiger partial charge in [0.25, 0.3) is 0 Å². The summed E-state index contributed by atoms with van der Waals surface area (Å²) in [5.41, 5.74) is 4.75. The van der Waals surface area contributed by atoms with Gasteiger partial charge in [0, 0.05) is 8.07 Å². The Labute approximate surface area is 143 Å². The first-order chi connectivity index (χ1) is 10.4. The third-order valence-electron chi connectivity index (χ3n) is 3.22. The predicted molar refractivity (Wildman–Crippen MR) is 95.6 cm³/mol. The van der Waals surface area contributed by atoms with Crippen LogP contribution in [0.2, 0.25) is 30.7 Å². The molecule has 0 saturated carbocycles. The average molecular weight is 356 g/mol. The van der Waals surface area contributed by atoms with Crippen molar-refractivity contribution < 1.29 is 13.9 Å². The summed E-state index contributed by atoms with van der Waals surface area (Å²) >= 11 is 5.75. The Morgan fingerprint density at radius 3 is 2.57 bits per heavy atom. The van der Waals surface area contributed by atoms with Crippen LogP contribution in [0.15, 0.2) is 12.1 Å². The van der Waals surface area contributed by atoms with Crippen LogP contribution in [-0.2, 0) is 9.53 Å². The normalized spacial score (nSPS) is 11.6. The third-order valence-corrected chi connectivity index (χ3v) is 5.31. The molecule has 0 radical (unpaired) electrons. The van der Waals surface area contributed by atoms with Crippen molar-refractivity contribution in [2.24, 2.45) is 5.41 Å². The average Bonchev–Trinajstić information content (AvgIpc) is 2.42. The molecule has 126 valence electrons. The minimum atomic E-state index is -1.26. The summed E-state index contributed by atoms with van der Waals surface area (Å²) < 4.78 is 19.2. The lowest BCUT2D eigenvalue weighted by Gasteiger charge is -2.19. The molecule has 0 bridgehead atoms. The standard InChI is InChI=1S/C17H23ClFNO2Si/c1-17(2,16(21)22-10-11-23(3,4)5)9-8-12-6-7-13(20)14(18)15(12)19/h6-7H,10-11,20H2,1-5H3. The number of anilines is 1. The Morgan fingerprint density at radius 2 is 2.00 bits per heavy atom. The maximum atomic E-state index is 13.9. The molecule has 1 aromatic rings. The molecule has 6 heteroatoms. The molecule has 0 heterocycles. The Balaban J connectivity index is 2.83. The van der Waals surface area contributed by atoms with Crippen LogP contribution in [0.1, 0.15) is 19.4 Å². The highest BCUT2D eigenvalue weighted by Crippen LogP contribution is 2.25. The van der Waals surface area contributed by atoms with E-state index >= 15 is 0 Å². The number of carbonyl (C=O) groups excluding carboxylic acids is 1. The van der Waals surface area contributed by atoms with Crippen molar-refractivity contribution in [3.8, 4) is 11.8 Å². The predicted octanol–water partition coefficient (Wildman–Crippen LogP) is 4.32. The van der Waals surface area contributed by atoms with Crippen LogP contribution < -0.4 is 5.73 Å². The lowest BCUT2D eigenvalue weighted by molar-refractivity contribution is -0.150. The highest BCUT2D eigenvalue weighted by molar-refractivity contribution is 6.76. The second-order valence-electron chi connectivity index (χ2n) is 7.15. The topological polar surface area (TPSA) is 52.3 Å². The SMILES string of the molecule is CC(C)(C#Cc1ccc(N)c(Cl)c1F)C(=O)OCC[Si](C)(C)C. The molecule has 1 aromatic carbocycles. The highest BCUT2D eigenvalue weighted by atomic mass is 35.5. The first-order valence-corrected chi connectivity index (χ1v) is 11.5. The van der Waals surface area contributed by atoms with Crippen LogP contribution in [0.3, 0.4) is 0 Å². The summed E-state index contributed by atoms with van der Waals surface area (Å²) in [5.74, 6) is 4.32. The number of hydrogen-bond donors (Lipinski definition) is 1. The van der Waals surface area contributed by atoms with Crippen molar-refractivity contribution >= 4 is 31.3 Å². The first-order valence-electron chi connectivity index (χ1n) is 7.38. The number of esters is 1. The van der Waals surface area contributed by atoms with Crippen LogP contribution in [0, 0.1) is 23.1 Å². The zero-order chi connectivity index (χ0) is 17.8. The molecule has 2 N–H and O–H groups in total. The summed E-state index contributed by atoms with van der Waals surface area (Å²) in [4.78, 5) is 12.1. The molecule has 0 aliphatic rings. The number of rotatable bonds is 4. The van der Waals surface area contributed by atoms with E-state index in [1.165, 1.54) is 12.1 Å². The summed E-state index contributed by atoms with van der Waals surface area (Å²) in [6.07, 6.45) is 0. The molecule has 23 heavy (non-hydrogen) atoms. The van der Waals surface area contributed by atoms with Gasteiger partial charge in [-0.15, -0.1) is 0 Å². The fourth-order valence-corrected chi connectivity index (χ4v) is 2.45. The van der Waals surface area contributed by atoms with Gasteiger partial charge in [-0.2, -0.15) is 0 Å². The number of carbonyl (C=O) groups is 1. The molecular weight excluding hydrogens is 333 g/mol.